The van der Waals surface area contributed by atoms with Crippen molar-refractivity contribution in [1.29, 1.82) is 0 Å². The lowest BCUT2D eigenvalue weighted by Crippen LogP contribution is -2.41. The van der Waals surface area contributed by atoms with Gasteiger partial charge in [0.1, 0.15) is 6.04 Å². The first-order chi connectivity index (χ1) is 9.27. The molecule has 0 aliphatic rings. The number of carboxylic acid groups (broad SMARTS) is 2. The first-order valence-electron chi connectivity index (χ1n) is 6.05. The molecule has 20 heavy (non-hydrogen) atoms. The van der Waals surface area contributed by atoms with Crippen molar-refractivity contribution in [2.45, 2.75) is 25.3 Å². The largest absolute Gasteiger partial charge is 0.480 e. The van der Waals surface area contributed by atoms with Crippen LogP contribution < -0.4 is 5.63 Å². The quantitative estimate of drug-likeness (QED) is 0.796. The van der Waals surface area contributed by atoms with Crippen LogP contribution in [-0.4, -0.2) is 47.2 Å². The van der Waals surface area contributed by atoms with E-state index in [1.807, 2.05) is 0 Å². The second-order valence-corrected chi connectivity index (χ2v) is 4.64. The predicted octanol–water partition coefficient (Wildman–Crippen LogP) is 0.846. The van der Waals surface area contributed by atoms with Crippen LogP contribution in [0.4, 0.5) is 0 Å². The highest BCUT2D eigenvalue weighted by Gasteiger charge is 2.31. The van der Waals surface area contributed by atoms with Gasteiger partial charge in [0.15, 0.2) is 0 Å². The topological polar surface area (TPSA) is 108 Å². The molecule has 2 N–H and O–H groups in total. The van der Waals surface area contributed by atoms with Gasteiger partial charge in [-0.25, -0.2) is 9.59 Å². The van der Waals surface area contributed by atoms with Gasteiger partial charge in [0.2, 0.25) is 5.76 Å². The summed E-state index contributed by atoms with van der Waals surface area (Å²) in [5.74, 6) is -3.40. The monoisotopic (exact) mass is 283 g/mol. The molecule has 0 saturated heterocycles. The maximum Gasteiger partial charge on any atom is 0.371 e. The van der Waals surface area contributed by atoms with E-state index < -0.39 is 35.3 Å². The van der Waals surface area contributed by atoms with E-state index in [1.165, 1.54) is 11.0 Å². The molecule has 110 valence electrons. The molecular weight excluding hydrogens is 266 g/mol. The Bertz CT molecular complexity index is 562. The first kappa shape index (κ1) is 15.9. The van der Waals surface area contributed by atoms with Gasteiger partial charge in [0.25, 0.3) is 0 Å². The zero-order chi connectivity index (χ0) is 15.4. The normalized spacial score (nSPS) is 14.0. The highest BCUT2D eigenvalue weighted by atomic mass is 16.4. The van der Waals surface area contributed by atoms with Gasteiger partial charge < -0.3 is 14.6 Å². The number of carboxylic acids is 2. The van der Waals surface area contributed by atoms with E-state index in [9.17, 15) is 19.5 Å². The van der Waals surface area contributed by atoms with Gasteiger partial charge in [-0.3, -0.25) is 9.69 Å². The van der Waals surface area contributed by atoms with Gasteiger partial charge in [-0.15, -0.1) is 0 Å². The predicted molar refractivity (Wildman–Crippen MR) is 70.1 cm³/mol. The highest BCUT2D eigenvalue weighted by molar-refractivity contribution is 5.84. The van der Waals surface area contributed by atoms with Crippen LogP contribution in [0, 0.1) is 0 Å². The van der Waals surface area contributed by atoms with E-state index >= 15 is 0 Å². The molecule has 2 unspecified atom stereocenters. The SMILES string of the molecule is CCC(c1cc(C(=O)O)oc(=O)c1)C(C(=O)O)N(C)C. The molecule has 0 aromatic carbocycles. The average molecular weight is 283 g/mol. The van der Waals surface area contributed by atoms with Crippen molar-refractivity contribution in [3.8, 4) is 0 Å². The Balaban J connectivity index is 3.34. The summed E-state index contributed by atoms with van der Waals surface area (Å²) in [6, 6.07) is 1.49. The van der Waals surface area contributed by atoms with Crippen LogP contribution in [-0.2, 0) is 4.79 Å². The third-order valence-electron chi connectivity index (χ3n) is 3.06. The lowest BCUT2D eigenvalue weighted by Gasteiger charge is -2.28. The Kier molecular flexibility index (Phi) is 5.04. The fourth-order valence-corrected chi connectivity index (χ4v) is 2.21. The van der Waals surface area contributed by atoms with Crippen molar-refractivity contribution >= 4 is 11.9 Å². The molecule has 1 rings (SSSR count). The molecule has 0 radical (unpaired) electrons. The van der Waals surface area contributed by atoms with E-state index in [-0.39, 0.29) is 0 Å². The van der Waals surface area contributed by atoms with Crippen molar-refractivity contribution in [3.05, 3.63) is 33.9 Å². The Morgan fingerprint density at radius 1 is 1.30 bits per heavy atom. The number of aliphatic carboxylic acids is 1. The number of aromatic carboxylic acids is 1. The van der Waals surface area contributed by atoms with Crippen molar-refractivity contribution in [1.82, 2.24) is 4.90 Å². The molecule has 0 saturated carbocycles. The summed E-state index contributed by atoms with van der Waals surface area (Å²) in [6.07, 6.45) is 0.442. The Morgan fingerprint density at radius 2 is 1.90 bits per heavy atom. The third kappa shape index (κ3) is 3.45. The molecule has 1 heterocycles. The number of carbonyl (C=O) groups is 2. The van der Waals surface area contributed by atoms with Crippen LogP contribution in [0.3, 0.4) is 0 Å². The molecule has 0 aliphatic carbocycles. The van der Waals surface area contributed by atoms with Crippen LogP contribution >= 0.6 is 0 Å². The minimum atomic E-state index is -1.37. The number of likely N-dealkylation sites (N-methyl/N-ethyl adjacent to an activating group) is 1. The van der Waals surface area contributed by atoms with Crippen molar-refractivity contribution in [3.63, 3.8) is 0 Å². The standard InChI is InChI=1S/C13H17NO6/c1-4-8(11(13(18)19)14(2)3)7-5-9(12(16)17)20-10(15)6-7/h5-6,8,11H,4H2,1-3H3,(H,16,17)(H,18,19). The fraction of sp³-hybridized carbons (Fsp3) is 0.462. The molecule has 0 fully saturated rings. The van der Waals surface area contributed by atoms with Crippen molar-refractivity contribution in [2.24, 2.45) is 0 Å². The summed E-state index contributed by atoms with van der Waals surface area (Å²) in [4.78, 5) is 35.2. The highest BCUT2D eigenvalue weighted by Crippen LogP contribution is 2.26. The van der Waals surface area contributed by atoms with Gasteiger partial charge in [-0.1, -0.05) is 6.92 Å². The molecule has 1 aromatic heterocycles. The molecular formula is C13H17NO6. The molecule has 7 heteroatoms. The van der Waals surface area contributed by atoms with E-state index in [0.717, 1.165) is 6.07 Å². The van der Waals surface area contributed by atoms with Crippen LogP contribution in [0.25, 0.3) is 0 Å². The van der Waals surface area contributed by atoms with E-state index in [2.05, 4.69) is 4.42 Å². The zero-order valence-electron chi connectivity index (χ0n) is 11.5. The zero-order valence-corrected chi connectivity index (χ0v) is 11.5. The molecule has 0 bridgehead atoms. The average Bonchev–Trinajstić information content (AvgIpc) is 2.33. The van der Waals surface area contributed by atoms with E-state index in [1.54, 1.807) is 21.0 Å². The van der Waals surface area contributed by atoms with Crippen molar-refractivity contribution in [2.75, 3.05) is 14.1 Å². The second kappa shape index (κ2) is 6.33. The molecule has 7 nitrogen and oxygen atoms in total. The van der Waals surface area contributed by atoms with Gasteiger partial charge in [0.05, 0.1) is 0 Å². The van der Waals surface area contributed by atoms with E-state index in [4.69, 9.17) is 5.11 Å². The van der Waals surface area contributed by atoms with Gasteiger partial charge in [0, 0.05) is 12.0 Å². The number of hydrogen-bond acceptors (Lipinski definition) is 5. The van der Waals surface area contributed by atoms with E-state index in [0.29, 0.717) is 12.0 Å². The van der Waals surface area contributed by atoms with Crippen molar-refractivity contribution < 1.29 is 24.2 Å². The summed E-state index contributed by atoms with van der Waals surface area (Å²) in [6.45, 7) is 1.78. The number of nitrogens with zero attached hydrogens (tertiary/aromatic N) is 1. The maximum absolute atomic E-state index is 11.4. The lowest BCUT2D eigenvalue weighted by atomic mass is 9.88. The first-order valence-corrected chi connectivity index (χ1v) is 6.05. The van der Waals surface area contributed by atoms with Crippen LogP contribution in [0.2, 0.25) is 0 Å². The summed E-state index contributed by atoms with van der Waals surface area (Å²) < 4.78 is 4.56. The molecule has 2 atom stereocenters. The van der Waals surface area contributed by atoms with Crippen LogP contribution in [0.5, 0.6) is 0 Å². The molecule has 0 amide bonds. The van der Waals surface area contributed by atoms with Gasteiger partial charge in [-0.05, 0) is 32.1 Å². The van der Waals surface area contributed by atoms with Crippen LogP contribution in [0.1, 0.15) is 35.4 Å². The third-order valence-corrected chi connectivity index (χ3v) is 3.06. The fourth-order valence-electron chi connectivity index (χ4n) is 2.21. The minimum absolute atomic E-state index is 0.349. The Hall–Kier alpha value is -2.15. The van der Waals surface area contributed by atoms with Gasteiger partial charge in [-0.2, -0.15) is 0 Å². The minimum Gasteiger partial charge on any atom is -0.480 e. The van der Waals surface area contributed by atoms with Gasteiger partial charge >= 0.3 is 17.6 Å². The summed E-state index contributed by atoms with van der Waals surface area (Å²) >= 11 is 0. The smallest absolute Gasteiger partial charge is 0.371 e. The lowest BCUT2D eigenvalue weighted by molar-refractivity contribution is -0.143. The summed E-state index contributed by atoms with van der Waals surface area (Å²) in [7, 11) is 3.23. The second-order valence-electron chi connectivity index (χ2n) is 4.64. The van der Waals surface area contributed by atoms with Crippen LogP contribution in [0.15, 0.2) is 21.3 Å². The summed E-state index contributed by atoms with van der Waals surface area (Å²) in [5.41, 5.74) is -0.455. The molecule has 1 aromatic rings. The molecule has 0 aliphatic heterocycles. The molecule has 0 spiro atoms. The Morgan fingerprint density at radius 3 is 2.30 bits per heavy atom. The Labute approximate surface area is 115 Å². The number of rotatable bonds is 6. The summed E-state index contributed by atoms with van der Waals surface area (Å²) in [5, 5.41) is 18.2. The maximum atomic E-state index is 11.4. The number of hydrogen-bond donors (Lipinski definition) is 2.